The average molecular weight is 292 g/mol. The molecule has 0 aliphatic carbocycles. The van der Waals surface area contributed by atoms with Crippen molar-refractivity contribution in [3.8, 4) is 0 Å². The summed E-state index contributed by atoms with van der Waals surface area (Å²) >= 11 is 0. The van der Waals surface area contributed by atoms with Crippen LogP contribution in [0.4, 0.5) is 5.69 Å². The van der Waals surface area contributed by atoms with E-state index in [-0.39, 0.29) is 11.4 Å². The van der Waals surface area contributed by atoms with E-state index in [1.807, 2.05) is 12.3 Å². The van der Waals surface area contributed by atoms with Crippen LogP contribution in [0.15, 0.2) is 24.7 Å². The van der Waals surface area contributed by atoms with Crippen LogP contribution in [0.2, 0.25) is 0 Å². The molecule has 0 aliphatic heterocycles. The molecule has 0 aliphatic rings. The third-order valence-corrected chi connectivity index (χ3v) is 2.89. The second-order valence-electron chi connectivity index (χ2n) is 4.35. The van der Waals surface area contributed by atoms with Crippen LogP contribution in [0, 0.1) is 10.1 Å². The fraction of sp³-hybridized carbons (Fsp3) is 0.417. The number of nitro groups is 1. The molecule has 9 heteroatoms. The number of hydrogen-bond donors (Lipinski definition) is 1. The molecule has 2 aromatic heterocycles. The highest BCUT2D eigenvalue weighted by molar-refractivity contribution is 5.95. The number of nitrogens with one attached hydrogen (secondary N) is 1. The molecule has 21 heavy (non-hydrogen) atoms. The average Bonchev–Trinajstić information content (AvgIpc) is 3.12. The molecular formula is C12H16N6O3. The van der Waals surface area contributed by atoms with Crippen LogP contribution in [-0.4, -0.2) is 36.9 Å². The molecule has 0 bridgehead atoms. The highest BCUT2D eigenvalue weighted by atomic mass is 16.6. The quantitative estimate of drug-likeness (QED) is 0.462. The first kappa shape index (κ1) is 14.7. The van der Waals surface area contributed by atoms with Gasteiger partial charge in [-0.3, -0.25) is 24.3 Å². The molecule has 0 spiro atoms. The van der Waals surface area contributed by atoms with Crippen molar-refractivity contribution in [2.45, 2.75) is 26.4 Å². The summed E-state index contributed by atoms with van der Waals surface area (Å²) in [6.07, 6.45) is 5.45. The summed E-state index contributed by atoms with van der Waals surface area (Å²) in [4.78, 5) is 22.2. The molecule has 0 aromatic carbocycles. The zero-order valence-corrected chi connectivity index (χ0v) is 11.6. The Labute approximate surface area is 120 Å². The number of hydrogen-bond acceptors (Lipinski definition) is 5. The molecule has 2 heterocycles. The van der Waals surface area contributed by atoms with Crippen LogP contribution in [0.1, 0.15) is 23.8 Å². The summed E-state index contributed by atoms with van der Waals surface area (Å²) in [6, 6.07) is 1.82. The predicted molar refractivity (Wildman–Crippen MR) is 73.7 cm³/mol. The van der Waals surface area contributed by atoms with Crippen molar-refractivity contribution in [3.05, 3.63) is 40.5 Å². The lowest BCUT2D eigenvalue weighted by Crippen LogP contribution is -2.26. The van der Waals surface area contributed by atoms with Crippen LogP contribution in [0.3, 0.4) is 0 Å². The number of rotatable bonds is 7. The zero-order valence-electron chi connectivity index (χ0n) is 11.6. The Hall–Kier alpha value is -2.71. The van der Waals surface area contributed by atoms with Crippen molar-refractivity contribution < 1.29 is 9.72 Å². The number of aromatic nitrogens is 4. The molecule has 0 saturated heterocycles. The van der Waals surface area contributed by atoms with Gasteiger partial charge in [0.25, 0.3) is 5.91 Å². The molecule has 0 unspecified atom stereocenters. The lowest BCUT2D eigenvalue weighted by Gasteiger charge is -2.03. The number of nitrogens with zero attached hydrogens (tertiary/aromatic N) is 5. The Morgan fingerprint density at radius 3 is 2.90 bits per heavy atom. The molecule has 1 N–H and O–H groups in total. The van der Waals surface area contributed by atoms with Crippen LogP contribution >= 0.6 is 0 Å². The van der Waals surface area contributed by atoms with Crippen LogP contribution in [0.5, 0.6) is 0 Å². The van der Waals surface area contributed by atoms with E-state index >= 15 is 0 Å². The third kappa shape index (κ3) is 3.65. The fourth-order valence-electron chi connectivity index (χ4n) is 1.83. The van der Waals surface area contributed by atoms with Crippen molar-refractivity contribution in [2.24, 2.45) is 0 Å². The first-order chi connectivity index (χ1) is 10.1. The standard InChI is InChI=1S/C12H16N6O3/c1-2-16-9-10(18(20)21)11(15-16)12(19)13-5-3-7-17-8-4-6-14-17/h4,6,8-9H,2-3,5,7H2,1H3,(H,13,19). The van der Waals surface area contributed by atoms with Crippen LogP contribution in [-0.2, 0) is 13.1 Å². The van der Waals surface area contributed by atoms with Crippen molar-refractivity contribution in [2.75, 3.05) is 6.54 Å². The highest BCUT2D eigenvalue weighted by Crippen LogP contribution is 2.16. The van der Waals surface area contributed by atoms with Gasteiger partial charge in [0.2, 0.25) is 5.69 Å². The number of carbonyl (C=O) groups excluding carboxylic acids is 1. The van der Waals surface area contributed by atoms with Crippen molar-refractivity contribution >= 4 is 11.6 Å². The molecule has 9 nitrogen and oxygen atoms in total. The van der Waals surface area contributed by atoms with Gasteiger partial charge in [-0.05, 0) is 19.4 Å². The van der Waals surface area contributed by atoms with Gasteiger partial charge < -0.3 is 5.32 Å². The van der Waals surface area contributed by atoms with E-state index in [1.165, 1.54) is 10.9 Å². The van der Waals surface area contributed by atoms with E-state index < -0.39 is 10.8 Å². The van der Waals surface area contributed by atoms with Crippen LogP contribution in [0.25, 0.3) is 0 Å². The first-order valence-corrected chi connectivity index (χ1v) is 6.59. The maximum atomic E-state index is 11.9. The van der Waals surface area contributed by atoms with Gasteiger partial charge in [0, 0.05) is 32.0 Å². The minimum atomic E-state index is -0.599. The molecule has 112 valence electrons. The monoisotopic (exact) mass is 292 g/mol. The van der Waals surface area contributed by atoms with E-state index in [0.29, 0.717) is 26.1 Å². The topological polar surface area (TPSA) is 108 Å². The molecular weight excluding hydrogens is 276 g/mol. The Kier molecular flexibility index (Phi) is 4.64. The van der Waals surface area contributed by atoms with E-state index in [0.717, 1.165) is 0 Å². The number of aryl methyl sites for hydroxylation is 2. The lowest BCUT2D eigenvalue weighted by molar-refractivity contribution is -0.385. The maximum Gasteiger partial charge on any atom is 0.320 e. The summed E-state index contributed by atoms with van der Waals surface area (Å²) in [5.41, 5.74) is -0.428. The van der Waals surface area contributed by atoms with Crippen molar-refractivity contribution in [3.63, 3.8) is 0 Å². The Morgan fingerprint density at radius 2 is 2.29 bits per heavy atom. The predicted octanol–water partition coefficient (Wildman–Crippen LogP) is 0.828. The summed E-state index contributed by atoms with van der Waals surface area (Å²) in [6.45, 7) is 3.32. The molecule has 2 aromatic rings. The molecule has 0 atom stereocenters. The first-order valence-electron chi connectivity index (χ1n) is 6.59. The van der Waals surface area contributed by atoms with Gasteiger partial charge in [0.1, 0.15) is 6.20 Å². The van der Waals surface area contributed by atoms with Crippen molar-refractivity contribution in [1.29, 1.82) is 0 Å². The van der Waals surface area contributed by atoms with Gasteiger partial charge >= 0.3 is 5.69 Å². The third-order valence-electron chi connectivity index (χ3n) is 2.89. The summed E-state index contributed by atoms with van der Waals surface area (Å²) < 4.78 is 3.12. The number of amides is 1. The Balaban J connectivity index is 1.90. The Morgan fingerprint density at radius 1 is 1.48 bits per heavy atom. The normalized spacial score (nSPS) is 10.5. The second-order valence-corrected chi connectivity index (χ2v) is 4.35. The van der Waals surface area contributed by atoms with Crippen molar-refractivity contribution in [1.82, 2.24) is 24.9 Å². The zero-order chi connectivity index (χ0) is 15.2. The summed E-state index contributed by atoms with van der Waals surface area (Å²) in [5, 5.41) is 21.5. The molecule has 0 fully saturated rings. The summed E-state index contributed by atoms with van der Waals surface area (Å²) in [7, 11) is 0. The second kappa shape index (κ2) is 6.64. The Bertz CT molecular complexity index is 619. The SMILES string of the molecule is CCn1cc([N+](=O)[O-])c(C(=O)NCCCn2cccn2)n1. The van der Waals surface area contributed by atoms with E-state index in [2.05, 4.69) is 15.5 Å². The largest absolute Gasteiger partial charge is 0.350 e. The van der Waals surface area contributed by atoms with E-state index in [1.54, 1.807) is 17.8 Å². The molecule has 0 saturated carbocycles. The van der Waals surface area contributed by atoms with Gasteiger partial charge in [0.15, 0.2) is 0 Å². The van der Waals surface area contributed by atoms with E-state index in [9.17, 15) is 14.9 Å². The van der Waals surface area contributed by atoms with Gasteiger partial charge in [-0.25, -0.2) is 0 Å². The molecule has 1 amide bonds. The molecule has 2 rings (SSSR count). The lowest BCUT2D eigenvalue weighted by atomic mass is 10.3. The van der Waals surface area contributed by atoms with Crippen LogP contribution < -0.4 is 5.32 Å². The van der Waals surface area contributed by atoms with Gasteiger partial charge in [-0.2, -0.15) is 10.2 Å². The van der Waals surface area contributed by atoms with Gasteiger partial charge in [-0.15, -0.1) is 0 Å². The minimum Gasteiger partial charge on any atom is -0.350 e. The van der Waals surface area contributed by atoms with Gasteiger partial charge in [-0.1, -0.05) is 0 Å². The van der Waals surface area contributed by atoms with E-state index in [4.69, 9.17) is 0 Å². The number of carbonyl (C=O) groups is 1. The summed E-state index contributed by atoms with van der Waals surface area (Å²) in [5.74, 6) is -0.533. The smallest absolute Gasteiger partial charge is 0.320 e. The van der Waals surface area contributed by atoms with Gasteiger partial charge in [0.05, 0.1) is 4.92 Å². The maximum absolute atomic E-state index is 11.9. The highest BCUT2D eigenvalue weighted by Gasteiger charge is 2.24. The fourth-order valence-corrected chi connectivity index (χ4v) is 1.83. The molecule has 0 radical (unpaired) electrons. The minimum absolute atomic E-state index is 0.152.